The van der Waals surface area contributed by atoms with E-state index in [0.717, 1.165) is 17.0 Å². The molecule has 0 aliphatic heterocycles. The SMILES string of the molecule is C[C@@H](OC(=O)CSc1ccccc1)C(=O)Nc1ccc(F)cc1F. The number of nitrogens with one attached hydrogen (secondary N) is 1. The van der Waals surface area contributed by atoms with E-state index in [-0.39, 0.29) is 11.4 Å². The Morgan fingerprint density at radius 1 is 1.17 bits per heavy atom. The molecule has 0 unspecified atom stereocenters. The van der Waals surface area contributed by atoms with Crippen LogP contribution in [0, 0.1) is 11.6 Å². The van der Waals surface area contributed by atoms with E-state index in [9.17, 15) is 18.4 Å². The molecule has 126 valence electrons. The smallest absolute Gasteiger partial charge is 0.317 e. The molecule has 1 N–H and O–H groups in total. The van der Waals surface area contributed by atoms with Gasteiger partial charge < -0.3 is 10.1 Å². The molecule has 0 aromatic heterocycles. The molecule has 1 atom stereocenters. The maximum Gasteiger partial charge on any atom is 0.317 e. The second kappa shape index (κ2) is 8.44. The monoisotopic (exact) mass is 351 g/mol. The molecule has 0 spiro atoms. The molecule has 0 aliphatic rings. The first-order chi connectivity index (χ1) is 11.5. The number of amides is 1. The average Bonchev–Trinajstić information content (AvgIpc) is 2.56. The zero-order valence-corrected chi connectivity index (χ0v) is 13.6. The zero-order chi connectivity index (χ0) is 17.5. The van der Waals surface area contributed by atoms with Crippen LogP contribution in [0.3, 0.4) is 0 Å². The van der Waals surface area contributed by atoms with Crippen LogP contribution in [-0.4, -0.2) is 23.7 Å². The predicted octanol–water partition coefficient (Wildman–Crippen LogP) is 3.63. The molecule has 2 rings (SSSR count). The number of carbonyl (C=O) groups is 2. The van der Waals surface area contributed by atoms with Crippen LogP contribution in [0.4, 0.5) is 14.5 Å². The Kier molecular flexibility index (Phi) is 6.31. The Morgan fingerprint density at radius 3 is 2.54 bits per heavy atom. The Hall–Kier alpha value is -2.41. The molecule has 0 radical (unpaired) electrons. The molecule has 0 aliphatic carbocycles. The van der Waals surface area contributed by atoms with Crippen molar-refractivity contribution in [1.82, 2.24) is 0 Å². The van der Waals surface area contributed by atoms with E-state index < -0.39 is 29.6 Å². The maximum atomic E-state index is 13.5. The molecule has 0 fully saturated rings. The summed E-state index contributed by atoms with van der Waals surface area (Å²) in [6.45, 7) is 1.38. The lowest BCUT2D eigenvalue weighted by molar-refractivity contribution is -0.150. The lowest BCUT2D eigenvalue weighted by Crippen LogP contribution is -2.30. The summed E-state index contributed by atoms with van der Waals surface area (Å²) in [6.07, 6.45) is -1.10. The van der Waals surface area contributed by atoms with Crippen LogP contribution < -0.4 is 5.32 Å². The van der Waals surface area contributed by atoms with Gasteiger partial charge in [0.15, 0.2) is 6.10 Å². The van der Waals surface area contributed by atoms with Crippen molar-refractivity contribution in [2.45, 2.75) is 17.9 Å². The Balaban J connectivity index is 1.83. The maximum absolute atomic E-state index is 13.5. The van der Waals surface area contributed by atoms with Crippen LogP contribution in [0.15, 0.2) is 53.4 Å². The topological polar surface area (TPSA) is 55.4 Å². The summed E-state index contributed by atoms with van der Waals surface area (Å²) in [7, 11) is 0. The minimum Gasteiger partial charge on any atom is -0.452 e. The second-order valence-corrected chi connectivity index (χ2v) is 5.90. The van der Waals surface area contributed by atoms with Crippen molar-refractivity contribution < 1.29 is 23.1 Å². The average molecular weight is 351 g/mol. The van der Waals surface area contributed by atoms with Crippen LogP contribution in [0.25, 0.3) is 0 Å². The van der Waals surface area contributed by atoms with E-state index in [1.807, 2.05) is 30.3 Å². The van der Waals surface area contributed by atoms with E-state index in [0.29, 0.717) is 6.07 Å². The lowest BCUT2D eigenvalue weighted by Gasteiger charge is -2.14. The number of thioether (sulfide) groups is 1. The van der Waals surface area contributed by atoms with Crippen molar-refractivity contribution >= 4 is 29.3 Å². The molecule has 0 saturated carbocycles. The van der Waals surface area contributed by atoms with Crippen molar-refractivity contribution in [3.63, 3.8) is 0 Å². The van der Waals surface area contributed by atoms with Crippen LogP contribution >= 0.6 is 11.8 Å². The standard InChI is InChI=1S/C17H15F2NO3S/c1-11(17(22)20-15-8-7-12(18)9-14(15)19)23-16(21)10-24-13-5-3-2-4-6-13/h2-9,11H,10H2,1H3,(H,20,22)/t11-/m1/s1. The Bertz CT molecular complexity index is 725. The summed E-state index contributed by atoms with van der Waals surface area (Å²) in [5.74, 6) is -2.86. The summed E-state index contributed by atoms with van der Waals surface area (Å²) in [5, 5.41) is 2.25. The third kappa shape index (κ3) is 5.34. The van der Waals surface area contributed by atoms with Crippen molar-refractivity contribution in [3.05, 3.63) is 60.2 Å². The highest BCUT2D eigenvalue weighted by molar-refractivity contribution is 8.00. The fraction of sp³-hybridized carbons (Fsp3) is 0.176. The molecule has 7 heteroatoms. The number of esters is 1. The number of hydrogen-bond donors (Lipinski definition) is 1. The van der Waals surface area contributed by atoms with Gasteiger partial charge in [-0.3, -0.25) is 9.59 Å². The summed E-state index contributed by atoms with van der Waals surface area (Å²) < 4.78 is 31.3. The third-order valence-corrected chi connectivity index (χ3v) is 3.95. The van der Waals surface area contributed by atoms with Crippen LogP contribution in [0.5, 0.6) is 0 Å². The van der Waals surface area contributed by atoms with Gasteiger partial charge in [0.1, 0.15) is 11.6 Å². The highest BCUT2D eigenvalue weighted by atomic mass is 32.2. The fourth-order valence-electron chi connectivity index (χ4n) is 1.77. The van der Waals surface area contributed by atoms with Crippen LogP contribution in [0.2, 0.25) is 0 Å². The van der Waals surface area contributed by atoms with Gasteiger partial charge in [0.2, 0.25) is 0 Å². The minimum atomic E-state index is -1.10. The summed E-state index contributed by atoms with van der Waals surface area (Å²) >= 11 is 1.28. The molecular weight excluding hydrogens is 336 g/mol. The molecule has 1 amide bonds. The highest BCUT2D eigenvalue weighted by Gasteiger charge is 2.19. The van der Waals surface area contributed by atoms with Gasteiger partial charge in [-0.15, -0.1) is 11.8 Å². The summed E-state index contributed by atoms with van der Waals surface area (Å²) in [5.41, 5.74) is -0.178. The first-order valence-corrected chi connectivity index (χ1v) is 8.07. The first kappa shape index (κ1) is 17.9. The molecule has 0 heterocycles. The predicted molar refractivity (Wildman–Crippen MR) is 87.7 cm³/mol. The van der Waals surface area contributed by atoms with E-state index >= 15 is 0 Å². The van der Waals surface area contributed by atoms with Gasteiger partial charge in [-0.2, -0.15) is 0 Å². The highest BCUT2D eigenvalue weighted by Crippen LogP contribution is 2.18. The van der Waals surface area contributed by atoms with E-state index in [1.54, 1.807) is 0 Å². The number of ether oxygens (including phenoxy) is 1. The number of rotatable bonds is 6. The van der Waals surface area contributed by atoms with Gasteiger partial charge in [0.25, 0.3) is 5.91 Å². The molecule has 24 heavy (non-hydrogen) atoms. The van der Waals surface area contributed by atoms with Crippen LogP contribution in [-0.2, 0) is 14.3 Å². The minimum absolute atomic E-state index is 0.0482. The summed E-state index contributed by atoms with van der Waals surface area (Å²) in [4.78, 5) is 24.6. The van der Waals surface area contributed by atoms with Crippen molar-refractivity contribution in [2.24, 2.45) is 0 Å². The van der Waals surface area contributed by atoms with E-state index in [2.05, 4.69) is 5.32 Å². The molecule has 0 saturated heterocycles. The molecule has 2 aromatic carbocycles. The third-order valence-electron chi connectivity index (χ3n) is 2.97. The van der Waals surface area contributed by atoms with E-state index in [4.69, 9.17) is 4.74 Å². The van der Waals surface area contributed by atoms with Gasteiger partial charge in [0, 0.05) is 11.0 Å². The van der Waals surface area contributed by atoms with Gasteiger partial charge >= 0.3 is 5.97 Å². The number of halogens is 2. The van der Waals surface area contributed by atoms with Gasteiger partial charge in [-0.1, -0.05) is 18.2 Å². The quantitative estimate of drug-likeness (QED) is 0.638. The number of benzene rings is 2. The van der Waals surface area contributed by atoms with Gasteiger partial charge in [-0.25, -0.2) is 8.78 Å². The lowest BCUT2D eigenvalue weighted by atomic mass is 10.2. The molecule has 2 aromatic rings. The fourth-order valence-corrected chi connectivity index (χ4v) is 2.47. The van der Waals surface area contributed by atoms with Crippen molar-refractivity contribution in [1.29, 1.82) is 0 Å². The normalized spacial score (nSPS) is 11.6. The number of hydrogen-bond acceptors (Lipinski definition) is 4. The summed E-state index contributed by atoms with van der Waals surface area (Å²) in [6, 6.07) is 12.0. The first-order valence-electron chi connectivity index (χ1n) is 7.09. The van der Waals surface area contributed by atoms with E-state index in [1.165, 1.54) is 18.7 Å². The van der Waals surface area contributed by atoms with Gasteiger partial charge in [0.05, 0.1) is 11.4 Å². The number of anilines is 1. The molecule has 4 nitrogen and oxygen atoms in total. The van der Waals surface area contributed by atoms with Crippen LogP contribution in [0.1, 0.15) is 6.92 Å². The number of carbonyl (C=O) groups excluding carboxylic acids is 2. The Morgan fingerprint density at radius 2 is 1.88 bits per heavy atom. The van der Waals surface area contributed by atoms with Gasteiger partial charge in [-0.05, 0) is 31.2 Å². The largest absolute Gasteiger partial charge is 0.452 e. The van der Waals surface area contributed by atoms with Crippen molar-refractivity contribution in [2.75, 3.05) is 11.1 Å². The zero-order valence-electron chi connectivity index (χ0n) is 12.8. The molecular formula is C17H15F2NO3S. The second-order valence-electron chi connectivity index (χ2n) is 4.85. The Labute approximate surface area is 142 Å². The molecule has 0 bridgehead atoms. The van der Waals surface area contributed by atoms with Crippen molar-refractivity contribution in [3.8, 4) is 0 Å².